The number of halogens is 1. The summed E-state index contributed by atoms with van der Waals surface area (Å²) in [6.07, 6.45) is 0. The number of carbonyl (C=O) groups is 1. The first-order valence-electron chi connectivity index (χ1n) is 7.52. The number of para-hydroxylation sites is 2. The summed E-state index contributed by atoms with van der Waals surface area (Å²) in [6.45, 7) is 2.63. The Labute approximate surface area is 142 Å². The molecule has 2 atom stereocenters. The summed E-state index contributed by atoms with van der Waals surface area (Å²) in [6, 6.07) is 14.9. The van der Waals surface area contributed by atoms with Crippen LogP contribution >= 0.6 is 11.6 Å². The van der Waals surface area contributed by atoms with Crippen molar-refractivity contribution >= 4 is 23.2 Å². The van der Waals surface area contributed by atoms with Gasteiger partial charge in [-0.05, 0) is 31.2 Å². The molecule has 5 heteroatoms. The van der Waals surface area contributed by atoms with E-state index in [1.54, 1.807) is 7.11 Å². The molecule has 0 radical (unpaired) electrons. The highest BCUT2D eigenvalue weighted by atomic mass is 35.5. The number of hydrogen-bond donors (Lipinski definition) is 2. The van der Waals surface area contributed by atoms with Gasteiger partial charge in [0.15, 0.2) is 6.04 Å². The van der Waals surface area contributed by atoms with E-state index in [1.165, 1.54) is 0 Å². The summed E-state index contributed by atoms with van der Waals surface area (Å²) in [4.78, 5) is 13.5. The molecule has 2 aromatic carbocycles. The number of anilines is 1. The predicted octanol–water partition coefficient (Wildman–Crippen LogP) is 2.39. The van der Waals surface area contributed by atoms with Gasteiger partial charge in [0.2, 0.25) is 0 Å². The van der Waals surface area contributed by atoms with Gasteiger partial charge >= 0.3 is 0 Å². The number of hydrogen-bond acceptors (Lipinski definition) is 2. The molecule has 0 saturated heterocycles. The van der Waals surface area contributed by atoms with Crippen LogP contribution in [-0.4, -0.2) is 26.1 Å². The van der Waals surface area contributed by atoms with E-state index in [2.05, 4.69) is 5.32 Å². The van der Waals surface area contributed by atoms with E-state index in [1.807, 2.05) is 62.5 Å². The van der Waals surface area contributed by atoms with Crippen molar-refractivity contribution in [2.24, 2.45) is 0 Å². The van der Waals surface area contributed by atoms with Gasteiger partial charge in [0.1, 0.15) is 12.3 Å². The minimum atomic E-state index is -0.209. The van der Waals surface area contributed by atoms with E-state index in [4.69, 9.17) is 16.3 Å². The summed E-state index contributed by atoms with van der Waals surface area (Å²) in [5.74, 6) is 0.606. The first kappa shape index (κ1) is 17.3. The van der Waals surface area contributed by atoms with Crippen molar-refractivity contribution in [2.75, 3.05) is 19.5 Å². The number of rotatable bonds is 6. The SMILES string of the molecule is COc1ccccc1NC(=O)[C@@H](C)[NH+](C)Cc1cccc(Cl)c1. The highest BCUT2D eigenvalue weighted by Gasteiger charge is 2.22. The van der Waals surface area contributed by atoms with Gasteiger partial charge in [-0.2, -0.15) is 0 Å². The maximum atomic E-state index is 12.5. The zero-order chi connectivity index (χ0) is 16.8. The molecule has 1 unspecified atom stereocenters. The van der Waals surface area contributed by atoms with Crippen molar-refractivity contribution in [3.8, 4) is 5.75 Å². The largest absolute Gasteiger partial charge is 0.495 e. The normalized spacial score (nSPS) is 13.2. The molecule has 0 aliphatic heterocycles. The molecule has 23 heavy (non-hydrogen) atoms. The number of likely N-dealkylation sites (N-methyl/N-ethyl adjacent to an activating group) is 1. The maximum Gasteiger partial charge on any atom is 0.282 e. The van der Waals surface area contributed by atoms with Crippen LogP contribution in [-0.2, 0) is 11.3 Å². The Morgan fingerprint density at radius 3 is 2.70 bits per heavy atom. The van der Waals surface area contributed by atoms with Crippen LogP contribution in [0.25, 0.3) is 0 Å². The maximum absolute atomic E-state index is 12.5. The molecular formula is C18H22ClN2O2+. The molecule has 0 spiro atoms. The molecule has 0 saturated carbocycles. The molecule has 0 heterocycles. The molecule has 0 fully saturated rings. The number of ether oxygens (including phenoxy) is 1. The van der Waals surface area contributed by atoms with Gasteiger partial charge in [-0.15, -0.1) is 0 Å². The Kier molecular flexibility index (Phi) is 6.02. The van der Waals surface area contributed by atoms with Crippen LogP contribution in [0, 0.1) is 0 Å². The monoisotopic (exact) mass is 333 g/mol. The molecular weight excluding hydrogens is 312 g/mol. The average molecular weight is 334 g/mol. The Hall–Kier alpha value is -2.04. The van der Waals surface area contributed by atoms with E-state index >= 15 is 0 Å². The number of carbonyl (C=O) groups excluding carboxylic acids is 1. The van der Waals surface area contributed by atoms with Gasteiger partial charge in [-0.25, -0.2) is 0 Å². The molecule has 0 bridgehead atoms. The zero-order valence-electron chi connectivity index (χ0n) is 13.6. The summed E-state index contributed by atoms with van der Waals surface area (Å²) in [7, 11) is 3.58. The lowest BCUT2D eigenvalue weighted by atomic mass is 10.2. The van der Waals surface area contributed by atoms with E-state index in [9.17, 15) is 4.79 Å². The van der Waals surface area contributed by atoms with E-state index < -0.39 is 0 Å². The number of quaternary nitrogens is 1. The molecule has 4 nitrogen and oxygen atoms in total. The van der Waals surface area contributed by atoms with Crippen LogP contribution < -0.4 is 15.0 Å². The molecule has 0 aliphatic carbocycles. The molecule has 1 amide bonds. The average Bonchev–Trinajstić information content (AvgIpc) is 2.54. The van der Waals surface area contributed by atoms with Crippen molar-refractivity contribution in [1.29, 1.82) is 0 Å². The number of amides is 1. The van der Waals surface area contributed by atoms with E-state index in [-0.39, 0.29) is 11.9 Å². The Balaban J connectivity index is 2.01. The van der Waals surface area contributed by atoms with Crippen molar-refractivity contribution < 1.29 is 14.4 Å². The predicted molar refractivity (Wildman–Crippen MR) is 93.1 cm³/mol. The molecule has 2 aromatic rings. The summed E-state index contributed by atoms with van der Waals surface area (Å²) in [5.41, 5.74) is 1.79. The molecule has 2 N–H and O–H groups in total. The highest BCUT2D eigenvalue weighted by Crippen LogP contribution is 2.22. The lowest BCUT2D eigenvalue weighted by molar-refractivity contribution is -0.907. The second-order valence-electron chi connectivity index (χ2n) is 5.56. The third kappa shape index (κ3) is 4.71. The van der Waals surface area contributed by atoms with Gasteiger partial charge in [0, 0.05) is 10.6 Å². The topological polar surface area (TPSA) is 42.8 Å². The molecule has 2 rings (SSSR count). The zero-order valence-corrected chi connectivity index (χ0v) is 14.4. The van der Waals surface area contributed by atoms with Crippen molar-refractivity contribution in [2.45, 2.75) is 19.5 Å². The third-order valence-corrected chi connectivity index (χ3v) is 4.10. The lowest BCUT2D eigenvalue weighted by Crippen LogP contribution is -3.12. The van der Waals surface area contributed by atoms with Crippen LogP contribution in [0.2, 0.25) is 5.02 Å². The number of methoxy groups -OCH3 is 1. The van der Waals surface area contributed by atoms with Crippen molar-refractivity contribution in [1.82, 2.24) is 0 Å². The van der Waals surface area contributed by atoms with Crippen LogP contribution in [0.5, 0.6) is 5.75 Å². The van der Waals surface area contributed by atoms with E-state index in [0.29, 0.717) is 16.5 Å². The highest BCUT2D eigenvalue weighted by molar-refractivity contribution is 6.30. The minimum absolute atomic E-state index is 0.0472. The van der Waals surface area contributed by atoms with Gasteiger partial charge in [-0.3, -0.25) is 4.79 Å². The Bertz CT molecular complexity index is 676. The standard InChI is InChI=1S/C18H21ClN2O2/c1-13(21(2)12-14-7-6-8-15(19)11-14)18(22)20-16-9-4-5-10-17(16)23-3/h4-11,13H,12H2,1-3H3,(H,20,22)/p+1/t13-/m1/s1. The summed E-state index contributed by atoms with van der Waals surface area (Å²) >= 11 is 6.01. The van der Waals surface area contributed by atoms with Crippen LogP contribution in [0.15, 0.2) is 48.5 Å². The van der Waals surface area contributed by atoms with Crippen LogP contribution in [0.4, 0.5) is 5.69 Å². The van der Waals surface area contributed by atoms with Gasteiger partial charge in [0.05, 0.1) is 19.8 Å². The molecule has 122 valence electrons. The summed E-state index contributed by atoms with van der Waals surface area (Å²) in [5, 5.41) is 3.64. The smallest absolute Gasteiger partial charge is 0.282 e. The third-order valence-electron chi connectivity index (χ3n) is 3.87. The van der Waals surface area contributed by atoms with Gasteiger partial charge in [-0.1, -0.05) is 35.9 Å². The van der Waals surface area contributed by atoms with Crippen LogP contribution in [0.3, 0.4) is 0 Å². The number of nitrogens with one attached hydrogen (secondary N) is 2. The summed E-state index contributed by atoms with van der Waals surface area (Å²) < 4.78 is 5.26. The fourth-order valence-electron chi connectivity index (χ4n) is 2.33. The fraction of sp³-hybridized carbons (Fsp3) is 0.278. The van der Waals surface area contributed by atoms with E-state index in [0.717, 1.165) is 17.0 Å². The second-order valence-corrected chi connectivity index (χ2v) is 6.00. The number of benzene rings is 2. The lowest BCUT2D eigenvalue weighted by Gasteiger charge is -2.21. The minimum Gasteiger partial charge on any atom is -0.495 e. The molecule has 0 aromatic heterocycles. The molecule has 0 aliphatic rings. The Morgan fingerprint density at radius 1 is 1.26 bits per heavy atom. The van der Waals surface area contributed by atoms with Crippen molar-refractivity contribution in [3.05, 3.63) is 59.1 Å². The fourth-order valence-corrected chi connectivity index (χ4v) is 2.55. The van der Waals surface area contributed by atoms with Crippen molar-refractivity contribution in [3.63, 3.8) is 0 Å². The van der Waals surface area contributed by atoms with Gasteiger partial charge < -0.3 is 15.0 Å². The Morgan fingerprint density at radius 2 is 2.00 bits per heavy atom. The first-order chi connectivity index (χ1) is 11.0. The van der Waals surface area contributed by atoms with Crippen LogP contribution in [0.1, 0.15) is 12.5 Å². The van der Waals surface area contributed by atoms with Gasteiger partial charge in [0.25, 0.3) is 5.91 Å². The second kappa shape index (κ2) is 7.99. The first-order valence-corrected chi connectivity index (χ1v) is 7.89. The quantitative estimate of drug-likeness (QED) is 0.852.